The molecule has 144 valence electrons. The first-order valence-corrected chi connectivity index (χ1v) is 8.88. The molecule has 7 heteroatoms. The monoisotopic (exact) mass is 363 g/mol. The zero-order valence-corrected chi connectivity index (χ0v) is 15.8. The number of ether oxygens (including phenoxy) is 1. The number of hydrogen-bond acceptors (Lipinski definition) is 5. The molecule has 0 saturated carbocycles. The molecule has 1 unspecified atom stereocenters. The van der Waals surface area contributed by atoms with E-state index in [1.807, 2.05) is 42.2 Å². The zero-order chi connectivity index (χ0) is 19.4. The standard InChI is InChI=1S/C19H29N3O4/c1-4-5-11-20-19(25)21-17(23)14-22(12-15(2)18(24)26-3)13-16-9-7-6-8-10-16/h6-10,15H,4-5,11-14H2,1-3H3,(H2,20,21,23,25). The minimum absolute atomic E-state index is 0.0113. The van der Waals surface area contributed by atoms with Crippen LogP contribution in [0.15, 0.2) is 30.3 Å². The Morgan fingerprint density at radius 1 is 1.19 bits per heavy atom. The molecule has 26 heavy (non-hydrogen) atoms. The number of nitrogens with one attached hydrogen (secondary N) is 2. The van der Waals surface area contributed by atoms with Crippen LogP contribution in [-0.2, 0) is 20.9 Å². The summed E-state index contributed by atoms with van der Waals surface area (Å²) in [4.78, 5) is 37.4. The lowest BCUT2D eigenvalue weighted by molar-refractivity contribution is -0.145. The fourth-order valence-electron chi connectivity index (χ4n) is 2.48. The molecule has 1 aromatic rings. The third-order valence-corrected chi connectivity index (χ3v) is 3.82. The second-order valence-electron chi connectivity index (χ2n) is 6.24. The third-order valence-electron chi connectivity index (χ3n) is 3.82. The van der Waals surface area contributed by atoms with E-state index < -0.39 is 11.9 Å². The zero-order valence-electron chi connectivity index (χ0n) is 15.8. The first-order valence-electron chi connectivity index (χ1n) is 8.88. The van der Waals surface area contributed by atoms with E-state index in [2.05, 4.69) is 10.6 Å². The molecule has 1 aromatic carbocycles. The van der Waals surface area contributed by atoms with Crippen LogP contribution in [0.3, 0.4) is 0 Å². The van der Waals surface area contributed by atoms with E-state index in [-0.39, 0.29) is 18.4 Å². The highest BCUT2D eigenvalue weighted by atomic mass is 16.5. The van der Waals surface area contributed by atoms with Crippen molar-refractivity contribution in [1.82, 2.24) is 15.5 Å². The van der Waals surface area contributed by atoms with Gasteiger partial charge in [-0.15, -0.1) is 0 Å². The minimum atomic E-state index is -0.496. The number of carbonyl (C=O) groups excluding carboxylic acids is 3. The molecule has 0 aliphatic rings. The van der Waals surface area contributed by atoms with Crippen LogP contribution in [0.5, 0.6) is 0 Å². The van der Waals surface area contributed by atoms with Gasteiger partial charge < -0.3 is 10.1 Å². The first-order chi connectivity index (χ1) is 12.5. The van der Waals surface area contributed by atoms with E-state index in [1.54, 1.807) is 6.92 Å². The maximum absolute atomic E-state index is 12.2. The van der Waals surface area contributed by atoms with Gasteiger partial charge in [-0.25, -0.2) is 4.79 Å². The van der Waals surface area contributed by atoms with Crippen molar-refractivity contribution in [3.63, 3.8) is 0 Å². The highest BCUT2D eigenvalue weighted by molar-refractivity contribution is 5.95. The summed E-state index contributed by atoms with van der Waals surface area (Å²) >= 11 is 0. The van der Waals surface area contributed by atoms with Gasteiger partial charge in [0, 0.05) is 19.6 Å². The summed E-state index contributed by atoms with van der Waals surface area (Å²) in [7, 11) is 1.34. The van der Waals surface area contributed by atoms with Crippen molar-refractivity contribution < 1.29 is 19.1 Å². The van der Waals surface area contributed by atoms with Crippen LogP contribution in [0.25, 0.3) is 0 Å². The van der Waals surface area contributed by atoms with Gasteiger partial charge in [0.15, 0.2) is 0 Å². The molecular weight excluding hydrogens is 334 g/mol. The Hall–Kier alpha value is -2.41. The van der Waals surface area contributed by atoms with Gasteiger partial charge in [0.1, 0.15) is 0 Å². The lowest BCUT2D eigenvalue weighted by Crippen LogP contribution is -2.45. The van der Waals surface area contributed by atoms with E-state index in [4.69, 9.17) is 4.74 Å². The molecule has 1 atom stereocenters. The van der Waals surface area contributed by atoms with E-state index in [9.17, 15) is 14.4 Å². The maximum Gasteiger partial charge on any atom is 0.321 e. The van der Waals surface area contributed by atoms with Crippen molar-refractivity contribution in [1.29, 1.82) is 0 Å². The Bertz CT molecular complexity index is 577. The predicted octanol–water partition coefficient (Wildman–Crippen LogP) is 1.92. The quantitative estimate of drug-likeness (QED) is 0.490. The molecule has 3 amide bonds. The number of amides is 3. The number of imide groups is 1. The molecule has 0 aliphatic carbocycles. The van der Waals surface area contributed by atoms with Gasteiger partial charge in [-0.05, 0) is 12.0 Å². The van der Waals surface area contributed by atoms with Crippen molar-refractivity contribution >= 4 is 17.9 Å². The summed E-state index contributed by atoms with van der Waals surface area (Å²) in [5, 5.41) is 4.97. The number of methoxy groups -OCH3 is 1. The van der Waals surface area contributed by atoms with E-state index >= 15 is 0 Å². The molecule has 0 spiro atoms. The number of carbonyl (C=O) groups is 3. The summed E-state index contributed by atoms with van der Waals surface area (Å²) < 4.78 is 4.76. The minimum Gasteiger partial charge on any atom is -0.469 e. The molecule has 0 heterocycles. The average Bonchev–Trinajstić information content (AvgIpc) is 2.61. The normalized spacial score (nSPS) is 11.7. The van der Waals surface area contributed by atoms with E-state index in [1.165, 1.54) is 7.11 Å². The van der Waals surface area contributed by atoms with Crippen LogP contribution in [-0.4, -0.2) is 49.6 Å². The summed E-state index contributed by atoms with van der Waals surface area (Å²) in [5.74, 6) is -1.12. The Balaban J connectivity index is 2.64. The van der Waals surface area contributed by atoms with Crippen molar-refractivity contribution in [3.8, 4) is 0 Å². The Labute approximate surface area is 155 Å². The summed E-state index contributed by atoms with van der Waals surface area (Å²) in [5.41, 5.74) is 1.02. The summed E-state index contributed by atoms with van der Waals surface area (Å²) in [6.45, 7) is 5.16. The molecule has 1 rings (SSSR count). The second-order valence-corrected chi connectivity index (χ2v) is 6.24. The van der Waals surface area contributed by atoms with Gasteiger partial charge in [-0.3, -0.25) is 19.8 Å². The van der Waals surface area contributed by atoms with Gasteiger partial charge in [0.25, 0.3) is 0 Å². The van der Waals surface area contributed by atoms with Gasteiger partial charge in [0.2, 0.25) is 5.91 Å². The molecule has 0 saturated heterocycles. The van der Waals surface area contributed by atoms with Gasteiger partial charge in [-0.1, -0.05) is 50.6 Å². The number of unbranched alkanes of at least 4 members (excludes halogenated alkanes) is 1. The maximum atomic E-state index is 12.2. The Kier molecular flexibility index (Phi) is 10.0. The molecule has 2 N–H and O–H groups in total. The smallest absolute Gasteiger partial charge is 0.321 e. The molecule has 0 aliphatic heterocycles. The van der Waals surface area contributed by atoms with Crippen molar-refractivity contribution in [2.45, 2.75) is 33.2 Å². The number of hydrogen-bond donors (Lipinski definition) is 2. The third kappa shape index (κ3) is 8.62. The molecular formula is C19H29N3O4. The number of rotatable bonds is 10. The summed E-state index contributed by atoms with van der Waals surface area (Å²) in [6, 6.07) is 9.15. The largest absolute Gasteiger partial charge is 0.469 e. The van der Waals surface area contributed by atoms with Crippen LogP contribution in [0.4, 0.5) is 4.79 Å². The lowest BCUT2D eigenvalue weighted by atomic mass is 10.1. The molecule has 0 bridgehead atoms. The number of urea groups is 1. The first kappa shape index (κ1) is 21.6. The highest BCUT2D eigenvalue weighted by Gasteiger charge is 2.20. The number of nitrogens with zero attached hydrogens (tertiary/aromatic N) is 1. The average molecular weight is 363 g/mol. The van der Waals surface area contributed by atoms with Crippen LogP contribution < -0.4 is 10.6 Å². The topological polar surface area (TPSA) is 87.7 Å². The van der Waals surface area contributed by atoms with Crippen LogP contribution in [0.2, 0.25) is 0 Å². The van der Waals surface area contributed by atoms with Crippen LogP contribution >= 0.6 is 0 Å². The molecule has 7 nitrogen and oxygen atoms in total. The van der Waals surface area contributed by atoms with Gasteiger partial charge in [-0.2, -0.15) is 0 Å². The van der Waals surface area contributed by atoms with Crippen molar-refractivity contribution in [3.05, 3.63) is 35.9 Å². The molecule has 0 fully saturated rings. The molecule has 0 radical (unpaired) electrons. The fraction of sp³-hybridized carbons (Fsp3) is 0.526. The Morgan fingerprint density at radius 2 is 1.88 bits per heavy atom. The van der Waals surface area contributed by atoms with E-state index in [0.717, 1.165) is 18.4 Å². The van der Waals surface area contributed by atoms with Crippen LogP contribution in [0.1, 0.15) is 32.3 Å². The van der Waals surface area contributed by atoms with Crippen molar-refractivity contribution in [2.24, 2.45) is 5.92 Å². The van der Waals surface area contributed by atoms with Crippen molar-refractivity contribution in [2.75, 3.05) is 26.7 Å². The van der Waals surface area contributed by atoms with Gasteiger partial charge >= 0.3 is 12.0 Å². The fourth-order valence-corrected chi connectivity index (χ4v) is 2.48. The highest BCUT2D eigenvalue weighted by Crippen LogP contribution is 2.08. The van der Waals surface area contributed by atoms with Crippen LogP contribution in [0, 0.1) is 5.92 Å². The SMILES string of the molecule is CCCCNC(=O)NC(=O)CN(Cc1ccccc1)CC(C)C(=O)OC. The summed E-state index contributed by atoms with van der Waals surface area (Å²) in [6.07, 6.45) is 1.82. The number of benzene rings is 1. The second kappa shape index (κ2) is 12.0. The van der Waals surface area contributed by atoms with Gasteiger partial charge in [0.05, 0.1) is 19.6 Å². The Morgan fingerprint density at radius 3 is 2.50 bits per heavy atom. The predicted molar refractivity (Wildman–Crippen MR) is 99.3 cm³/mol. The molecule has 0 aromatic heterocycles. The number of esters is 1. The van der Waals surface area contributed by atoms with E-state index in [0.29, 0.717) is 19.6 Å². The lowest BCUT2D eigenvalue weighted by Gasteiger charge is -2.24.